The van der Waals surface area contributed by atoms with Gasteiger partial charge in [-0.05, 0) is 36.1 Å². The quantitative estimate of drug-likeness (QED) is 0.571. The summed E-state index contributed by atoms with van der Waals surface area (Å²) in [5.74, 6) is 3.15. The SMILES string of the molecule is CSc1ccc(CNC(=O)c2csc(-c3ccc(N4CCSCC4)nc3)n2)cc1. The summed E-state index contributed by atoms with van der Waals surface area (Å²) in [7, 11) is 0. The predicted octanol–water partition coefficient (Wildman–Crippen LogP) is 4.41. The molecule has 0 unspecified atom stereocenters. The summed E-state index contributed by atoms with van der Waals surface area (Å²) < 4.78 is 0. The minimum absolute atomic E-state index is 0.156. The summed E-state index contributed by atoms with van der Waals surface area (Å²) >= 11 is 5.16. The number of carbonyl (C=O) groups is 1. The van der Waals surface area contributed by atoms with E-state index in [1.165, 1.54) is 16.2 Å². The topological polar surface area (TPSA) is 58.1 Å². The Hall–Kier alpha value is -2.03. The molecule has 1 saturated heterocycles. The molecule has 1 N–H and O–H groups in total. The zero-order valence-electron chi connectivity index (χ0n) is 16.1. The van der Waals surface area contributed by atoms with Crippen LogP contribution in [0.1, 0.15) is 16.1 Å². The molecule has 0 bridgehead atoms. The Balaban J connectivity index is 1.37. The number of hydrogen-bond acceptors (Lipinski definition) is 7. The van der Waals surface area contributed by atoms with Crippen LogP contribution in [-0.2, 0) is 6.54 Å². The van der Waals surface area contributed by atoms with E-state index < -0.39 is 0 Å². The molecule has 3 heterocycles. The second-order valence-corrected chi connectivity index (χ2v) is 9.54. The van der Waals surface area contributed by atoms with E-state index in [-0.39, 0.29) is 5.91 Å². The molecular formula is C21H22N4OS3. The number of hydrogen-bond donors (Lipinski definition) is 1. The van der Waals surface area contributed by atoms with Crippen LogP contribution in [0.2, 0.25) is 0 Å². The molecule has 4 rings (SSSR count). The molecule has 8 heteroatoms. The van der Waals surface area contributed by atoms with Crippen molar-refractivity contribution in [1.29, 1.82) is 0 Å². The van der Waals surface area contributed by atoms with Crippen LogP contribution in [-0.4, -0.2) is 46.7 Å². The summed E-state index contributed by atoms with van der Waals surface area (Å²) in [4.78, 5) is 25.1. The summed E-state index contributed by atoms with van der Waals surface area (Å²) in [5, 5.41) is 5.56. The lowest BCUT2D eigenvalue weighted by Gasteiger charge is -2.27. The number of rotatable bonds is 6. The minimum Gasteiger partial charge on any atom is -0.355 e. The second kappa shape index (κ2) is 9.65. The summed E-state index contributed by atoms with van der Waals surface area (Å²) in [6, 6.07) is 12.3. The van der Waals surface area contributed by atoms with E-state index in [0.29, 0.717) is 12.2 Å². The van der Waals surface area contributed by atoms with Gasteiger partial charge in [0.2, 0.25) is 0 Å². The van der Waals surface area contributed by atoms with Gasteiger partial charge in [-0.1, -0.05) is 12.1 Å². The molecule has 0 radical (unpaired) electrons. The first-order chi connectivity index (χ1) is 14.2. The van der Waals surface area contributed by atoms with Crippen molar-refractivity contribution in [1.82, 2.24) is 15.3 Å². The highest BCUT2D eigenvalue weighted by Gasteiger charge is 2.14. The molecule has 1 aliphatic rings. The number of thioether (sulfide) groups is 2. The van der Waals surface area contributed by atoms with Gasteiger partial charge in [0.05, 0.1) is 0 Å². The summed E-state index contributed by atoms with van der Waals surface area (Å²) in [6.45, 7) is 2.57. The Labute approximate surface area is 183 Å². The highest BCUT2D eigenvalue weighted by molar-refractivity contribution is 7.99. The van der Waals surface area contributed by atoms with E-state index in [9.17, 15) is 4.79 Å². The van der Waals surface area contributed by atoms with Gasteiger partial charge in [-0.2, -0.15) is 11.8 Å². The molecule has 5 nitrogen and oxygen atoms in total. The third-order valence-electron chi connectivity index (χ3n) is 4.68. The third kappa shape index (κ3) is 5.12. The number of benzene rings is 1. The van der Waals surface area contributed by atoms with Crippen LogP contribution in [0, 0.1) is 0 Å². The van der Waals surface area contributed by atoms with Gasteiger partial charge in [-0.3, -0.25) is 4.79 Å². The van der Waals surface area contributed by atoms with Crippen LogP contribution in [0.4, 0.5) is 5.82 Å². The normalized spacial score (nSPS) is 14.0. The number of aromatic nitrogens is 2. The van der Waals surface area contributed by atoms with Gasteiger partial charge in [0.1, 0.15) is 16.5 Å². The van der Waals surface area contributed by atoms with Crippen LogP contribution in [0.3, 0.4) is 0 Å². The predicted molar refractivity (Wildman–Crippen MR) is 124 cm³/mol. The average molecular weight is 443 g/mol. The Bertz CT molecular complexity index is 951. The van der Waals surface area contributed by atoms with Gasteiger partial charge in [0, 0.05) is 53.2 Å². The lowest BCUT2D eigenvalue weighted by Crippen LogP contribution is -2.32. The van der Waals surface area contributed by atoms with Crippen molar-refractivity contribution in [3.63, 3.8) is 0 Å². The van der Waals surface area contributed by atoms with Crippen molar-refractivity contribution in [3.8, 4) is 10.6 Å². The summed E-state index contributed by atoms with van der Waals surface area (Å²) in [6.07, 6.45) is 3.90. The van der Waals surface area contributed by atoms with E-state index in [2.05, 4.69) is 32.3 Å². The Kier molecular flexibility index (Phi) is 6.74. The maximum Gasteiger partial charge on any atom is 0.271 e. The summed E-state index contributed by atoms with van der Waals surface area (Å²) in [5.41, 5.74) is 2.46. The fraction of sp³-hybridized carbons (Fsp3) is 0.286. The van der Waals surface area contributed by atoms with Gasteiger partial charge in [-0.25, -0.2) is 9.97 Å². The second-order valence-electron chi connectivity index (χ2n) is 6.57. The Morgan fingerprint density at radius 2 is 1.97 bits per heavy atom. The van der Waals surface area contributed by atoms with Crippen LogP contribution in [0.5, 0.6) is 0 Å². The number of nitrogens with one attached hydrogen (secondary N) is 1. The van der Waals surface area contributed by atoms with Gasteiger partial charge >= 0.3 is 0 Å². The number of anilines is 1. The molecule has 0 saturated carbocycles. The van der Waals surface area contributed by atoms with Crippen molar-refractivity contribution in [2.24, 2.45) is 0 Å². The number of carbonyl (C=O) groups excluding carboxylic acids is 1. The molecule has 0 spiro atoms. The van der Waals surface area contributed by atoms with Gasteiger partial charge in [-0.15, -0.1) is 23.1 Å². The van der Waals surface area contributed by atoms with Gasteiger partial charge in [0.15, 0.2) is 0 Å². The van der Waals surface area contributed by atoms with Crippen molar-refractivity contribution >= 4 is 46.6 Å². The maximum atomic E-state index is 12.5. The minimum atomic E-state index is -0.156. The molecule has 0 atom stereocenters. The van der Waals surface area contributed by atoms with Crippen molar-refractivity contribution in [3.05, 3.63) is 59.2 Å². The van der Waals surface area contributed by atoms with Crippen molar-refractivity contribution in [2.75, 3.05) is 35.8 Å². The maximum absolute atomic E-state index is 12.5. The molecule has 29 heavy (non-hydrogen) atoms. The highest BCUT2D eigenvalue weighted by atomic mass is 32.2. The van der Waals surface area contributed by atoms with Crippen molar-refractivity contribution in [2.45, 2.75) is 11.4 Å². The molecule has 1 amide bonds. The van der Waals surface area contributed by atoms with E-state index >= 15 is 0 Å². The first-order valence-corrected chi connectivity index (χ1v) is 12.6. The first kappa shape index (κ1) is 20.3. The van der Waals surface area contributed by atoms with E-state index in [1.807, 2.05) is 48.5 Å². The third-order valence-corrected chi connectivity index (χ3v) is 7.26. The van der Waals surface area contributed by atoms with Crippen LogP contribution in [0.15, 0.2) is 52.9 Å². The molecule has 150 valence electrons. The molecular weight excluding hydrogens is 420 g/mol. The van der Waals surface area contributed by atoms with E-state index in [4.69, 9.17) is 0 Å². The first-order valence-electron chi connectivity index (χ1n) is 9.39. The van der Waals surface area contributed by atoms with Gasteiger partial charge < -0.3 is 10.2 Å². The van der Waals surface area contributed by atoms with Crippen LogP contribution in [0.25, 0.3) is 10.6 Å². The van der Waals surface area contributed by atoms with Crippen molar-refractivity contribution < 1.29 is 4.79 Å². The average Bonchev–Trinajstić information content (AvgIpc) is 3.29. The fourth-order valence-electron chi connectivity index (χ4n) is 3.02. The monoisotopic (exact) mass is 442 g/mol. The zero-order valence-corrected chi connectivity index (χ0v) is 18.6. The molecule has 3 aromatic rings. The molecule has 1 aromatic carbocycles. The van der Waals surface area contributed by atoms with Gasteiger partial charge in [0.25, 0.3) is 5.91 Å². The number of pyridine rings is 1. The largest absolute Gasteiger partial charge is 0.355 e. The van der Waals surface area contributed by atoms with Crippen LogP contribution >= 0.6 is 34.9 Å². The molecule has 2 aromatic heterocycles. The number of amides is 1. The Morgan fingerprint density at radius 3 is 2.66 bits per heavy atom. The highest BCUT2D eigenvalue weighted by Crippen LogP contribution is 2.25. The number of nitrogens with zero attached hydrogens (tertiary/aromatic N) is 3. The molecule has 1 fully saturated rings. The van der Waals surface area contributed by atoms with E-state index in [0.717, 1.165) is 46.5 Å². The molecule has 1 aliphatic heterocycles. The molecule has 0 aliphatic carbocycles. The smallest absolute Gasteiger partial charge is 0.271 e. The zero-order chi connectivity index (χ0) is 20.1. The lowest BCUT2D eigenvalue weighted by atomic mass is 10.2. The Morgan fingerprint density at radius 1 is 1.17 bits per heavy atom. The number of thiazole rings is 1. The van der Waals surface area contributed by atoms with E-state index in [1.54, 1.807) is 17.1 Å². The standard InChI is InChI=1S/C21H22N4OS3/c1-27-17-5-2-15(3-6-17)12-23-20(26)18-14-29-21(24-18)16-4-7-19(22-13-16)25-8-10-28-11-9-25/h2-7,13-14H,8-12H2,1H3,(H,23,26). The fourth-order valence-corrected chi connectivity index (χ4v) is 5.12. The van der Waals surface area contributed by atoms with Crippen LogP contribution < -0.4 is 10.2 Å². The lowest BCUT2D eigenvalue weighted by molar-refractivity contribution is 0.0946.